The molecule has 1 atom stereocenters. The molecule has 1 aromatic heterocycles. The zero-order valence-electron chi connectivity index (χ0n) is 6.77. The summed E-state index contributed by atoms with van der Waals surface area (Å²) in [5.74, 6) is -1.05. The minimum atomic E-state index is -1.05. The maximum atomic E-state index is 11.4. The average molecular weight is 294 g/mol. The van der Waals surface area contributed by atoms with Gasteiger partial charge in [-0.15, -0.1) is 0 Å². The Morgan fingerprint density at radius 1 is 1.77 bits per heavy atom. The van der Waals surface area contributed by atoms with E-state index in [0.29, 0.717) is 3.57 Å². The van der Waals surface area contributed by atoms with E-state index < -0.39 is 12.0 Å². The second kappa shape index (κ2) is 3.86. The van der Waals surface area contributed by atoms with Gasteiger partial charge in [-0.3, -0.25) is 9.36 Å². The summed E-state index contributed by atoms with van der Waals surface area (Å²) in [5, 5.41) is 8.66. The molecule has 0 fully saturated rings. The second-order valence-electron chi connectivity index (χ2n) is 2.47. The van der Waals surface area contributed by atoms with Gasteiger partial charge in [-0.25, -0.2) is 9.78 Å². The summed E-state index contributed by atoms with van der Waals surface area (Å²) < 4.78 is 1.50. The molecule has 0 saturated carbocycles. The third-order valence-electron chi connectivity index (χ3n) is 1.59. The summed E-state index contributed by atoms with van der Waals surface area (Å²) in [6.07, 6.45) is 2.62. The highest BCUT2D eigenvalue weighted by atomic mass is 127. The lowest BCUT2D eigenvalue weighted by atomic mass is 10.3. The van der Waals surface area contributed by atoms with Gasteiger partial charge >= 0.3 is 5.97 Å². The summed E-state index contributed by atoms with van der Waals surface area (Å²) in [6.45, 7) is 1.43. The van der Waals surface area contributed by atoms with Crippen molar-refractivity contribution < 1.29 is 9.90 Å². The van der Waals surface area contributed by atoms with E-state index in [9.17, 15) is 9.59 Å². The quantitative estimate of drug-likeness (QED) is 0.806. The summed E-state index contributed by atoms with van der Waals surface area (Å²) in [6, 6.07) is -0.880. The molecule has 0 spiro atoms. The molecule has 1 unspecified atom stereocenters. The van der Waals surface area contributed by atoms with Gasteiger partial charge in [0.1, 0.15) is 6.04 Å². The van der Waals surface area contributed by atoms with Crippen molar-refractivity contribution in [2.24, 2.45) is 0 Å². The lowest BCUT2D eigenvalue weighted by molar-refractivity contribution is -0.140. The number of carboxylic acid groups (broad SMARTS) is 1. The van der Waals surface area contributed by atoms with E-state index in [-0.39, 0.29) is 5.56 Å². The van der Waals surface area contributed by atoms with Crippen LogP contribution in [0, 0.1) is 3.57 Å². The molecule has 0 saturated heterocycles. The molecule has 1 aromatic rings. The van der Waals surface area contributed by atoms with Gasteiger partial charge < -0.3 is 5.11 Å². The van der Waals surface area contributed by atoms with Gasteiger partial charge in [-0.1, -0.05) is 0 Å². The minimum Gasteiger partial charge on any atom is -0.480 e. The van der Waals surface area contributed by atoms with E-state index in [0.717, 1.165) is 4.57 Å². The lowest BCUT2D eigenvalue weighted by Crippen LogP contribution is -2.29. The van der Waals surface area contributed by atoms with Crippen molar-refractivity contribution in [2.45, 2.75) is 13.0 Å². The second-order valence-corrected chi connectivity index (χ2v) is 3.63. The molecule has 0 radical (unpaired) electrons. The van der Waals surface area contributed by atoms with Gasteiger partial charge in [0, 0.05) is 6.20 Å². The SMILES string of the molecule is CC(C(=O)O)n1cncc(I)c1=O. The van der Waals surface area contributed by atoms with Crippen LogP contribution in [0.1, 0.15) is 13.0 Å². The Hall–Kier alpha value is -0.920. The smallest absolute Gasteiger partial charge is 0.326 e. The van der Waals surface area contributed by atoms with Crippen LogP contribution in [0.3, 0.4) is 0 Å². The number of hydrogen-bond donors (Lipinski definition) is 1. The molecule has 6 heteroatoms. The highest BCUT2D eigenvalue weighted by Gasteiger charge is 2.15. The van der Waals surface area contributed by atoms with E-state index in [4.69, 9.17) is 5.11 Å². The molecule has 13 heavy (non-hydrogen) atoms. The predicted molar refractivity (Wildman–Crippen MR) is 53.6 cm³/mol. The molecule has 0 aliphatic heterocycles. The molecule has 70 valence electrons. The van der Waals surface area contributed by atoms with Crippen molar-refractivity contribution in [2.75, 3.05) is 0 Å². The Morgan fingerprint density at radius 2 is 2.38 bits per heavy atom. The van der Waals surface area contributed by atoms with Crippen molar-refractivity contribution >= 4 is 28.6 Å². The number of carboxylic acids is 1. The van der Waals surface area contributed by atoms with E-state index in [1.807, 2.05) is 22.6 Å². The fourth-order valence-electron chi connectivity index (χ4n) is 0.796. The van der Waals surface area contributed by atoms with Crippen LogP contribution in [0.25, 0.3) is 0 Å². The third kappa shape index (κ3) is 2.06. The van der Waals surface area contributed by atoms with Crippen LogP contribution in [0.4, 0.5) is 0 Å². The van der Waals surface area contributed by atoms with Gasteiger partial charge in [0.2, 0.25) is 0 Å². The molecule has 1 N–H and O–H groups in total. The number of carbonyl (C=O) groups is 1. The van der Waals surface area contributed by atoms with Gasteiger partial charge in [0.15, 0.2) is 0 Å². The number of halogens is 1. The van der Waals surface area contributed by atoms with E-state index in [1.165, 1.54) is 19.4 Å². The summed E-state index contributed by atoms with van der Waals surface area (Å²) in [4.78, 5) is 25.7. The van der Waals surface area contributed by atoms with Crippen molar-refractivity contribution in [3.8, 4) is 0 Å². The van der Waals surface area contributed by atoms with Gasteiger partial charge in [-0.2, -0.15) is 0 Å². The van der Waals surface area contributed by atoms with Crippen molar-refractivity contribution in [1.82, 2.24) is 9.55 Å². The fraction of sp³-hybridized carbons (Fsp3) is 0.286. The maximum absolute atomic E-state index is 11.4. The molecule has 0 aliphatic carbocycles. The molecule has 0 amide bonds. The number of nitrogens with zero attached hydrogens (tertiary/aromatic N) is 2. The maximum Gasteiger partial charge on any atom is 0.326 e. The Labute approximate surface area is 87.6 Å². The average Bonchev–Trinajstić information content (AvgIpc) is 2.08. The Balaban J connectivity index is 3.23. The zero-order chi connectivity index (χ0) is 10.0. The lowest BCUT2D eigenvalue weighted by Gasteiger charge is -2.08. The molecule has 0 bridgehead atoms. The number of aromatic nitrogens is 2. The first-order valence-electron chi connectivity index (χ1n) is 3.48. The van der Waals surface area contributed by atoms with Gasteiger partial charge in [0.05, 0.1) is 9.90 Å². The number of hydrogen-bond acceptors (Lipinski definition) is 3. The zero-order valence-corrected chi connectivity index (χ0v) is 8.93. The molecule has 1 rings (SSSR count). The van der Waals surface area contributed by atoms with Crippen molar-refractivity contribution in [1.29, 1.82) is 0 Å². The number of rotatable bonds is 2. The van der Waals surface area contributed by atoms with Gasteiger partial charge in [-0.05, 0) is 29.5 Å². The summed E-state index contributed by atoms with van der Waals surface area (Å²) in [7, 11) is 0. The van der Waals surface area contributed by atoms with Crippen LogP contribution >= 0.6 is 22.6 Å². The largest absolute Gasteiger partial charge is 0.480 e. The first-order chi connectivity index (χ1) is 6.04. The summed E-state index contributed by atoms with van der Waals surface area (Å²) >= 11 is 1.82. The first kappa shape index (κ1) is 10.2. The van der Waals surface area contributed by atoms with Crippen molar-refractivity contribution in [3.63, 3.8) is 0 Å². The molecule has 0 aliphatic rings. The first-order valence-corrected chi connectivity index (χ1v) is 4.56. The molecular formula is C7H7IN2O3. The van der Waals surface area contributed by atoms with Crippen LogP contribution in [-0.2, 0) is 4.79 Å². The molecule has 1 heterocycles. The van der Waals surface area contributed by atoms with Crippen LogP contribution in [0.2, 0.25) is 0 Å². The van der Waals surface area contributed by atoms with E-state index in [1.54, 1.807) is 0 Å². The topological polar surface area (TPSA) is 72.2 Å². The fourth-order valence-corrected chi connectivity index (χ4v) is 1.24. The normalized spacial score (nSPS) is 12.5. The summed E-state index contributed by atoms with van der Waals surface area (Å²) in [5.41, 5.74) is -0.328. The van der Waals surface area contributed by atoms with E-state index in [2.05, 4.69) is 4.98 Å². The Kier molecular flexibility index (Phi) is 3.02. The van der Waals surface area contributed by atoms with Crippen LogP contribution < -0.4 is 5.56 Å². The third-order valence-corrected chi connectivity index (χ3v) is 2.33. The predicted octanol–water partition coefficient (Wildman–Crippen LogP) is 0.494. The minimum absolute atomic E-state index is 0.328. The van der Waals surface area contributed by atoms with Crippen LogP contribution in [0.5, 0.6) is 0 Å². The van der Waals surface area contributed by atoms with Gasteiger partial charge in [0.25, 0.3) is 5.56 Å². The number of aliphatic carboxylic acids is 1. The molecule has 5 nitrogen and oxygen atoms in total. The highest BCUT2D eigenvalue weighted by Crippen LogP contribution is 2.02. The standard InChI is InChI=1S/C7H7IN2O3/c1-4(7(12)13)10-3-9-2-5(8)6(10)11/h2-4H,1H3,(H,12,13). The van der Waals surface area contributed by atoms with Crippen LogP contribution in [0.15, 0.2) is 17.3 Å². The van der Waals surface area contributed by atoms with Crippen LogP contribution in [-0.4, -0.2) is 20.6 Å². The Morgan fingerprint density at radius 3 is 2.92 bits per heavy atom. The van der Waals surface area contributed by atoms with E-state index >= 15 is 0 Å². The highest BCUT2D eigenvalue weighted by molar-refractivity contribution is 14.1. The molecular weight excluding hydrogens is 287 g/mol. The Bertz CT molecular complexity index is 388. The van der Waals surface area contributed by atoms with Crippen molar-refractivity contribution in [3.05, 3.63) is 26.4 Å². The monoisotopic (exact) mass is 294 g/mol. The molecule has 0 aromatic carbocycles.